The van der Waals surface area contributed by atoms with E-state index >= 15 is 0 Å². The van der Waals surface area contributed by atoms with Gasteiger partial charge in [0.05, 0.1) is 11.0 Å². The average Bonchev–Trinajstić information content (AvgIpc) is 2.93. The number of imidazole rings is 1. The van der Waals surface area contributed by atoms with Gasteiger partial charge in [-0.25, -0.2) is 4.98 Å². The normalized spacial score (nSPS) is 10.9. The molecule has 0 saturated heterocycles. The number of aromatic nitrogens is 2. The van der Waals surface area contributed by atoms with E-state index in [-0.39, 0.29) is 5.91 Å². The molecule has 3 rings (SSSR count). The lowest BCUT2D eigenvalue weighted by molar-refractivity contribution is 0.0905. The first-order valence-corrected chi connectivity index (χ1v) is 7.25. The number of benzene rings is 2. The largest absolute Gasteiger partial charge is 0.274 e. The molecular weight excluding hydrogens is 260 g/mol. The molecule has 0 bridgehead atoms. The van der Waals surface area contributed by atoms with Gasteiger partial charge in [-0.3, -0.25) is 9.36 Å². The molecule has 3 nitrogen and oxygen atoms in total. The van der Waals surface area contributed by atoms with Crippen LogP contribution in [0.1, 0.15) is 28.8 Å². The number of carbonyl (C=O) groups excluding carboxylic acids is 1. The summed E-state index contributed by atoms with van der Waals surface area (Å²) < 4.78 is 1.66. The topological polar surface area (TPSA) is 34.9 Å². The number of para-hydroxylation sites is 2. The maximum absolute atomic E-state index is 12.3. The highest BCUT2D eigenvalue weighted by Gasteiger charge is 2.09. The molecule has 2 aromatic carbocycles. The Morgan fingerprint density at radius 2 is 1.86 bits per heavy atom. The predicted molar refractivity (Wildman–Crippen MR) is 84.5 cm³/mol. The highest BCUT2D eigenvalue weighted by Crippen LogP contribution is 2.14. The molecular formula is C18H18N2O. The van der Waals surface area contributed by atoms with Gasteiger partial charge in [-0.2, -0.15) is 0 Å². The van der Waals surface area contributed by atoms with Crippen molar-refractivity contribution in [1.29, 1.82) is 0 Å². The second kappa shape index (κ2) is 5.92. The van der Waals surface area contributed by atoms with E-state index in [1.807, 2.05) is 24.3 Å². The lowest BCUT2D eigenvalue weighted by Gasteiger charge is -2.04. The molecule has 0 radical (unpaired) electrons. The summed E-state index contributed by atoms with van der Waals surface area (Å²) in [7, 11) is 0. The van der Waals surface area contributed by atoms with Crippen LogP contribution in [0.3, 0.4) is 0 Å². The molecule has 0 aliphatic rings. The number of nitrogens with zero attached hydrogens (tertiary/aromatic N) is 2. The molecule has 3 heteroatoms. The fraction of sp³-hybridized carbons (Fsp3) is 0.222. The van der Waals surface area contributed by atoms with Gasteiger partial charge in [-0.05, 0) is 37.5 Å². The van der Waals surface area contributed by atoms with E-state index < -0.39 is 0 Å². The van der Waals surface area contributed by atoms with Gasteiger partial charge in [-0.15, -0.1) is 0 Å². The van der Waals surface area contributed by atoms with Gasteiger partial charge >= 0.3 is 0 Å². The quantitative estimate of drug-likeness (QED) is 0.722. The maximum atomic E-state index is 12.3. The zero-order chi connectivity index (χ0) is 14.7. The fourth-order valence-electron chi connectivity index (χ4n) is 2.48. The molecule has 0 saturated carbocycles. The summed E-state index contributed by atoms with van der Waals surface area (Å²) in [5.41, 5.74) is 4.30. The third-order valence-corrected chi connectivity index (χ3v) is 3.70. The summed E-state index contributed by atoms with van der Waals surface area (Å²) in [5.74, 6) is 0.107. The highest BCUT2D eigenvalue weighted by molar-refractivity contribution is 5.90. The minimum atomic E-state index is 0.107. The lowest BCUT2D eigenvalue weighted by atomic mass is 10.1. The standard InChI is InChI=1S/C18H18N2O/c1-14-9-11-15(12-10-14)5-4-8-18(21)20-13-19-16-6-2-3-7-17(16)20/h2-3,6-7,9-13H,4-5,8H2,1H3. The Bertz CT molecular complexity index is 756. The summed E-state index contributed by atoms with van der Waals surface area (Å²) in [6.45, 7) is 2.08. The average molecular weight is 278 g/mol. The summed E-state index contributed by atoms with van der Waals surface area (Å²) >= 11 is 0. The van der Waals surface area contributed by atoms with Crippen LogP contribution in [0.2, 0.25) is 0 Å². The van der Waals surface area contributed by atoms with E-state index in [0.717, 1.165) is 23.9 Å². The van der Waals surface area contributed by atoms with Crippen LogP contribution >= 0.6 is 0 Å². The molecule has 1 aromatic heterocycles. The molecule has 3 aromatic rings. The Morgan fingerprint density at radius 1 is 1.10 bits per heavy atom. The number of hydrogen-bond donors (Lipinski definition) is 0. The minimum absolute atomic E-state index is 0.107. The predicted octanol–water partition coefficient (Wildman–Crippen LogP) is 4.01. The van der Waals surface area contributed by atoms with Crippen LogP contribution in [-0.2, 0) is 6.42 Å². The first-order chi connectivity index (χ1) is 10.2. The highest BCUT2D eigenvalue weighted by atomic mass is 16.2. The van der Waals surface area contributed by atoms with Crippen LogP contribution in [0.4, 0.5) is 0 Å². The van der Waals surface area contributed by atoms with E-state index in [4.69, 9.17) is 0 Å². The van der Waals surface area contributed by atoms with E-state index in [9.17, 15) is 4.79 Å². The minimum Gasteiger partial charge on any atom is -0.274 e. The van der Waals surface area contributed by atoms with Crippen LogP contribution in [-0.4, -0.2) is 15.5 Å². The number of fused-ring (bicyclic) bond motifs is 1. The monoisotopic (exact) mass is 278 g/mol. The van der Waals surface area contributed by atoms with Crippen molar-refractivity contribution < 1.29 is 4.79 Å². The second-order valence-electron chi connectivity index (χ2n) is 5.34. The van der Waals surface area contributed by atoms with Crippen LogP contribution in [0.15, 0.2) is 54.9 Å². The van der Waals surface area contributed by atoms with Crippen LogP contribution in [0.5, 0.6) is 0 Å². The number of hydrogen-bond acceptors (Lipinski definition) is 2. The molecule has 0 N–H and O–H groups in total. The SMILES string of the molecule is Cc1ccc(CCCC(=O)n2cnc3ccccc32)cc1. The van der Waals surface area contributed by atoms with E-state index in [2.05, 4.69) is 36.2 Å². The Labute approximate surface area is 124 Å². The van der Waals surface area contributed by atoms with Crippen molar-refractivity contribution in [2.24, 2.45) is 0 Å². The molecule has 0 fully saturated rings. The molecule has 1 heterocycles. The molecule has 0 aliphatic carbocycles. The van der Waals surface area contributed by atoms with Crippen molar-refractivity contribution in [3.8, 4) is 0 Å². The third kappa shape index (κ3) is 3.02. The molecule has 0 unspecified atom stereocenters. The summed E-state index contributed by atoms with van der Waals surface area (Å²) in [6.07, 6.45) is 3.94. The first kappa shape index (κ1) is 13.6. The van der Waals surface area contributed by atoms with Gasteiger partial charge in [0.25, 0.3) is 0 Å². The smallest absolute Gasteiger partial charge is 0.232 e. The number of rotatable bonds is 4. The zero-order valence-corrected chi connectivity index (χ0v) is 12.1. The van der Waals surface area contributed by atoms with Crippen LogP contribution in [0, 0.1) is 6.92 Å². The number of aryl methyl sites for hydroxylation is 2. The van der Waals surface area contributed by atoms with Crippen LogP contribution in [0.25, 0.3) is 11.0 Å². The van der Waals surface area contributed by atoms with Gasteiger partial charge in [0.15, 0.2) is 0 Å². The lowest BCUT2D eigenvalue weighted by Crippen LogP contribution is -2.09. The number of carbonyl (C=O) groups is 1. The Kier molecular flexibility index (Phi) is 3.82. The Hall–Kier alpha value is -2.42. The Morgan fingerprint density at radius 3 is 2.67 bits per heavy atom. The van der Waals surface area contributed by atoms with Gasteiger partial charge in [-0.1, -0.05) is 42.0 Å². The van der Waals surface area contributed by atoms with Crippen molar-refractivity contribution in [2.75, 3.05) is 0 Å². The maximum Gasteiger partial charge on any atom is 0.232 e. The van der Waals surface area contributed by atoms with Gasteiger partial charge in [0.1, 0.15) is 6.33 Å². The van der Waals surface area contributed by atoms with Crippen molar-refractivity contribution in [3.63, 3.8) is 0 Å². The van der Waals surface area contributed by atoms with Crippen molar-refractivity contribution in [3.05, 3.63) is 66.0 Å². The summed E-state index contributed by atoms with van der Waals surface area (Å²) in [6, 6.07) is 16.2. The van der Waals surface area contributed by atoms with Gasteiger partial charge in [0, 0.05) is 6.42 Å². The summed E-state index contributed by atoms with van der Waals surface area (Å²) in [5, 5.41) is 0. The fourth-order valence-corrected chi connectivity index (χ4v) is 2.48. The van der Waals surface area contributed by atoms with E-state index in [0.29, 0.717) is 6.42 Å². The van der Waals surface area contributed by atoms with E-state index in [1.165, 1.54) is 11.1 Å². The molecule has 0 atom stereocenters. The molecule has 0 spiro atoms. The third-order valence-electron chi connectivity index (χ3n) is 3.70. The second-order valence-corrected chi connectivity index (χ2v) is 5.34. The summed E-state index contributed by atoms with van der Waals surface area (Å²) in [4.78, 5) is 16.5. The zero-order valence-electron chi connectivity index (χ0n) is 12.1. The van der Waals surface area contributed by atoms with Crippen LogP contribution < -0.4 is 0 Å². The molecule has 106 valence electrons. The van der Waals surface area contributed by atoms with Gasteiger partial charge < -0.3 is 0 Å². The molecule has 21 heavy (non-hydrogen) atoms. The van der Waals surface area contributed by atoms with E-state index in [1.54, 1.807) is 10.9 Å². The van der Waals surface area contributed by atoms with Gasteiger partial charge in [0.2, 0.25) is 5.91 Å². The van der Waals surface area contributed by atoms with Crippen molar-refractivity contribution >= 4 is 16.9 Å². The first-order valence-electron chi connectivity index (χ1n) is 7.25. The molecule has 0 amide bonds. The van der Waals surface area contributed by atoms with Crippen molar-refractivity contribution in [2.45, 2.75) is 26.2 Å². The Balaban J connectivity index is 1.63. The van der Waals surface area contributed by atoms with Crippen molar-refractivity contribution in [1.82, 2.24) is 9.55 Å². The molecule has 0 aliphatic heterocycles.